The molecule has 0 spiro atoms. The number of phosphoric ester groups is 1. The molecule has 0 saturated carbocycles. The van der Waals surface area contributed by atoms with E-state index >= 15 is 0 Å². The molecule has 188 valence electrons. The summed E-state index contributed by atoms with van der Waals surface area (Å²) in [6, 6.07) is 3.72. The fourth-order valence-electron chi connectivity index (χ4n) is 3.64. The second-order valence-corrected chi connectivity index (χ2v) is 9.69. The zero-order valence-corrected chi connectivity index (χ0v) is 26.3. The zero-order valence-electron chi connectivity index (χ0n) is 19.5. The Morgan fingerprint density at radius 3 is 2.27 bits per heavy atom. The van der Waals surface area contributed by atoms with Crippen molar-refractivity contribution < 1.29 is 79.6 Å². The van der Waals surface area contributed by atoms with Crippen LogP contribution in [-0.4, -0.2) is 55.4 Å². The van der Waals surface area contributed by atoms with Crippen LogP contribution in [-0.2, 0) is 74.7 Å². The summed E-state index contributed by atoms with van der Waals surface area (Å²) in [5.41, 5.74) is -1.84. The SMILES string of the molecule is CC(C)OC[C@H]1O[C@@H](C)C(C#N)(C#N)[C@H]1OP(=O)([O-])O[CH-][C@H]1O[C@@H](C)CC1OC(C)C.[W].[W]. The smallest absolute Gasteiger partial charge is 0.237 e. The molecule has 2 fully saturated rings. The van der Waals surface area contributed by atoms with E-state index in [1.54, 1.807) is 13.8 Å². The van der Waals surface area contributed by atoms with E-state index in [1.807, 2.05) is 32.9 Å². The Morgan fingerprint density at radius 1 is 1.15 bits per heavy atom. The summed E-state index contributed by atoms with van der Waals surface area (Å²) in [6.07, 6.45) is -4.11. The van der Waals surface area contributed by atoms with E-state index in [9.17, 15) is 20.0 Å². The van der Waals surface area contributed by atoms with Crippen molar-refractivity contribution in [1.82, 2.24) is 0 Å². The van der Waals surface area contributed by atoms with Gasteiger partial charge < -0.3 is 32.9 Å². The molecule has 0 aromatic carbocycles. The van der Waals surface area contributed by atoms with Crippen LogP contribution in [0.25, 0.3) is 0 Å². The Labute approximate surface area is 224 Å². The van der Waals surface area contributed by atoms with Crippen LogP contribution >= 0.6 is 7.82 Å². The Kier molecular flexibility index (Phi) is 14.3. The standard InChI is InChI=1S/C20H32N2O8P.2W/c1-12(2)25-8-18-19(20(10-21,11-22)15(6)29-18)30-31(23,24)26-9-17-16(27-13(3)4)7-14(5)28-17;;/h9,12-19H,7-8H2,1-6H3,(H,23,24);;/q-1;;/p-1/t14-,15-,16?,17+,18+,19-;;/m0../s1. The van der Waals surface area contributed by atoms with Crippen molar-refractivity contribution in [3.63, 3.8) is 0 Å². The molecule has 0 N–H and O–H groups in total. The summed E-state index contributed by atoms with van der Waals surface area (Å²) in [5, 5.41) is 19.3. The van der Waals surface area contributed by atoms with Crippen LogP contribution in [0, 0.1) is 34.7 Å². The van der Waals surface area contributed by atoms with Crippen LogP contribution in [0.1, 0.15) is 48.0 Å². The summed E-state index contributed by atoms with van der Waals surface area (Å²) >= 11 is 0. The molecule has 2 heterocycles. The zero-order chi connectivity index (χ0) is 23.4. The molecule has 13 heteroatoms. The van der Waals surface area contributed by atoms with Gasteiger partial charge in [-0.05, 0) is 54.1 Å². The quantitative estimate of drug-likeness (QED) is 0.238. The monoisotopic (exact) mass is 826 g/mol. The number of hydrogen-bond acceptors (Lipinski definition) is 10. The fraction of sp³-hybridized carbons (Fsp3) is 0.850. The van der Waals surface area contributed by atoms with Crippen LogP contribution in [0.5, 0.6) is 0 Å². The van der Waals surface area contributed by atoms with Crippen molar-refractivity contribution in [3.05, 3.63) is 6.61 Å². The number of nitriles is 2. The molecule has 7 atom stereocenters. The maximum absolute atomic E-state index is 12.6. The molecule has 2 aliphatic rings. The topological polar surface area (TPSA) is 143 Å². The average Bonchev–Trinajstić information content (AvgIpc) is 3.14. The number of hydrogen-bond donors (Lipinski definition) is 0. The van der Waals surface area contributed by atoms with Crippen molar-refractivity contribution in [3.8, 4) is 12.1 Å². The van der Waals surface area contributed by atoms with E-state index in [1.165, 1.54) is 6.92 Å². The van der Waals surface area contributed by atoms with Crippen molar-refractivity contribution in [2.45, 2.75) is 96.8 Å². The molecular weight excluding hydrogens is 795 g/mol. The summed E-state index contributed by atoms with van der Waals surface area (Å²) in [5.74, 6) is 0. The molecule has 0 aromatic rings. The van der Waals surface area contributed by atoms with E-state index in [2.05, 4.69) is 0 Å². The minimum atomic E-state index is -4.97. The minimum absolute atomic E-state index is 0. The van der Waals surface area contributed by atoms with Gasteiger partial charge in [0.05, 0.1) is 49.3 Å². The first-order valence-electron chi connectivity index (χ1n) is 10.4. The van der Waals surface area contributed by atoms with Crippen LogP contribution in [0.3, 0.4) is 0 Å². The Bertz CT molecular complexity index is 731. The first-order chi connectivity index (χ1) is 14.4. The van der Waals surface area contributed by atoms with Crippen molar-refractivity contribution in [2.75, 3.05) is 6.61 Å². The second kappa shape index (κ2) is 14.1. The number of nitrogens with zero attached hydrogens (tertiary/aromatic N) is 2. The molecule has 2 saturated heterocycles. The molecule has 2 rings (SSSR count). The molecule has 10 nitrogen and oxygen atoms in total. The molecule has 0 aromatic heterocycles. The van der Waals surface area contributed by atoms with Gasteiger partial charge in [0.25, 0.3) is 0 Å². The predicted octanol–water partition coefficient (Wildman–Crippen LogP) is 2.23. The fourth-order valence-corrected chi connectivity index (χ4v) is 4.54. The third-order valence-electron chi connectivity index (χ3n) is 5.10. The van der Waals surface area contributed by atoms with Crippen molar-refractivity contribution in [1.29, 1.82) is 10.5 Å². The van der Waals surface area contributed by atoms with E-state index in [4.69, 9.17) is 28.0 Å². The molecule has 2 unspecified atom stereocenters. The summed E-state index contributed by atoms with van der Waals surface area (Å²) in [6.45, 7) is 11.7. The Balaban J connectivity index is 0.00000512. The maximum atomic E-state index is 12.6. The molecule has 0 aliphatic carbocycles. The van der Waals surface area contributed by atoms with E-state index in [-0.39, 0.29) is 73.2 Å². The molecule has 33 heavy (non-hydrogen) atoms. The van der Waals surface area contributed by atoms with Gasteiger partial charge in [-0.15, -0.1) is 0 Å². The third kappa shape index (κ3) is 8.73. The molecule has 0 amide bonds. The van der Waals surface area contributed by atoms with Gasteiger partial charge in [-0.2, -0.15) is 17.1 Å². The first kappa shape index (κ1) is 33.3. The van der Waals surface area contributed by atoms with Crippen molar-refractivity contribution in [2.24, 2.45) is 5.41 Å². The van der Waals surface area contributed by atoms with Crippen LogP contribution in [0.2, 0.25) is 0 Å². The van der Waals surface area contributed by atoms with Gasteiger partial charge in [0.1, 0.15) is 12.2 Å². The van der Waals surface area contributed by atoms with Crippen LogP contribution < -0.4 is 4.89 Å². The van der Waals surface area contributed by atoms with Crippen LogP contribution in [0.4, 0.5) is 0 Å². The van der Waals surface area contributed by atoms with Crippen LogP contribution in [0.15, 0.2) is 0 Å². The summed E-state index contributed by atoms with van der Waals surface area (Å²) in [7, 11) is -4.97. The van der Waals surface area contributed by atoms with Gasteiger partial charge in [0.2, 0.25) is 7.82 Å². The summed E-state index contributed by atoms with van der Waals surface area (Å²) in [4.78, 5) is 12.6. The second-order valence-electron chi connectivity index (χ2n) is 8.38. The number of ether oxygens (including phenoxy) is 4. The number of rotatable bonds is 10. The summed E-state index contributed by atoms with van der Waals surface area (Å²) < 4.78 is 45.3. The van der Waals surface area contributed by atoms with Gasteiger partial charge in [0.15, 0.2) is 5.41 Å². The maximum Gasteiger partial charge on any atom is 0.237 e. The minimum Gasteiger partial charge on any atom is -0.758 e. The molecule has 0 bridgehead atoms. The Hall–Kier alpha value is 0.307. The third-order valence-corrected chi connectivity index (χ3v) is 5.97. The molecular formula is C20H31N2O8PW2-2. The van der Waals surface area contributed by atoms with E-state index in [0.717, 1.165) is 6.61 Å². The van der Waals surface area contributed by atoms with Crippen molar-refractivity contribution >= 4 is 7.82 Å². The number of phosphoric acid groups is 1. The van der Waals surface area contributed by atoms with Gasteiger partial charge >= 0.3 is 0 Å². The van der Waals surface area contributed by atoms with Gasteiger partial charge in [0, 0.05) is 42.1 Å². The average molecular weight is 826 g/mol. The van der Waals surface area contributed by atoms with E-state index < -0.39 is 37.7 Å². The predicted molar refractivity (Wildman–Crippen MR) is 106 cm³/mol. The van der Waals surface area contributed by atoms with Gasteiger partial charge in [-0.3, -0.25) is 4.57 Å². The first-order valence-corrected chi connectivity index (χ1v) is 11.8. The van der Waals surface area contributed by atoms with E-state index in [0.29, 0.717) is 6.42 Å². The molecule has 0 radical (unpaired) electrons. The Morgan fingerprint density at radius 2 is 1.76 bits per heavy atom. The van der Waals surface area contributed by atoms with Gasteiger partial charge in [-0.1, -0.05) is 0 Å². The largest absolute Gasteiger partial charge is 0.758 e. The molecule has 2 aliphatic heterocycles. The van der Waals surface area contributed by atoms with Gasteiger partial charge in [-0.25, -0.2) is 0 Å². The normalized spacial score (nSPS) is 32.5.